The highest BCUT2D eigenvalue weighted by Crippen LogP contribution is 2.45. The van der Waals surface area contributed by atoms with Crippen LogP contribution < -0.4 is 0 Å². The van der Waals surface area contributed by atoms with Gasteiger partial charge in [0.05, 0.1) is 0 Å². The van der Waals surface area contributed by atoms with Gasteiger partial charge in [0.1, 0.15) is 0 Å². The van der Waals surface area contributed by atoms with Crippen LogP contribution in [0.3, 0.4) is 0 Å². The van der Waals surface area contributed by atoms with Crippen LogP contribution in [0.1, 0.15) is 66.2 Å². The molecule has 0 aromatic rings. The van der Waals surface area contributed by atoms with Gasteiger partial charge in [-0.2, -0.15) is 0 Å². The Morgan fingerprint density at radius 1 is 1.15 bits per heavy atom. The summed E-state index contributed by atoms with van der Waals surface area (Å²) in [6.07, 6.45) is 12.8. The maximum Gasteiger partial charge on any atom is 0.181 e. The number of hydrogen-bond donors (Lipinski definition) is 0. The van der Waals surface area contributed by atoms with E-state index in [1.807, 2.05) is 6.08 Å². The van der Waals surface area contributed by atoms with Crippen molar-refractivity contribution in [1.29, 1.82) is 0 Å². The maximum atomic E-state index is 12.4. The van der Waals surface area contributed by atoms with Gasteiger partial charge in [-0.05, 0) is 75.4 Å². The summed E-state index contributed by atoms with van der Waals surface area (Å²) < 4.78 is 0. The van der Waals surface area contributed by atoms with Gasteiger partial charge in [-0.15, -0.1) is 0 Å². The summed E-state index contributed by atoms with van der Waals surface area (Å²) in [5.41, 5.74) is 4.04. The van der Waals surface area contributed by atoms with Crippen LogP contribution in [0, 0.1) is 11.3 Å². The summed E-state index contributed by atoms with van der Waals surface area (Å²) >= 11 is 0. The minimum atomic E-state index is 0.252. The second-order valence-corrected chi connectivity index (χ2v) is 7.14. The molecule has 0 heterocycles. The fraction of sp³-hybridized carbons (Fsp3) is 0.632. The van der Waals surface area contributed by atoms with Crippen LogP contribution in [0.4, 0.5) is 0 Å². The van der Waals surface area contributed by atoms with E-state index in [9.17, 15) is 4.79 Å². The number of fused-ring (bicyclic) bond motifs is 2. The Labute approximate surface area is 123 Å². The van der Waals surface area contributed by atoms with E-state index in [4.69, 9.17) is 0 Å². The van der Waals surface area contributed by atoms with E-state index in [1.54, 1.807) is 0 Å². The highest BCUT2D eigenvalue weighted by atomic mass is 16.1. The highest BCUT2D eigenvalue weighted by molar-refractivity contribution is 6.04. The standard InChI is InChI=1S/C19H28O/c1-14-6-5-7-15(2)12-18(20)17-9-8-16(3)19(4,13-17)11-10-14/h6,9,12,16H,5,7-8,10-11,13H2,1-4H3/b14-6-,15-12+/t16-,19-/m1/s1. The van der Waals surface area contributed by atoms with Crippen LogP contribution in [-0.4, -0.2) is 5.78 Å². The number of carbonyl (C=O) groups excluding carboxylic acids is 1. The molecule has 2 aliphatic rings. The van der Waals surface area contributed by atoms with Gasteiger partial charge in [0.25, 0.3) is 0 Å². The van der Waals surface area contributed by atoms with Gasteiger partial charge in [0, 0.05) is 0 Å². The van der Waals surface area contributed by atoms with Crippen LogP contribution in [0.5, 0.6) is 0 Å². The fourth-order valence-corrected chi connectivity index (χ4v) is 3.33. The Kier molecular flexibility index (Phi) is 4.67. The molecule has 0 fully saturated rings. The van der Waals surface area contributed by atoms with Crippen molar-refractivity contribution in [2.45, 2.75) is 66.2 Å². The zero-order valence-electron chi connectivity index (χ0n) is 13.5. The van der Waals surface area contributed by atoms with E-state index in [-0.39, 0.29) is 11.2 Å². The number of rotatable bonds is 0. The highest BCUT2D eigenvalue weighted by Gasteiger charge is 2.35. The molecule has 0 aromatic heterocycles. The van der Waals surface area contributed by atoms with Gasteiger partial charge in [-0.1, -0.05) is 37.1 Å². The molecule has 0 radical (unpaired) electrons. The molecule has 0 unspecified atom stereocenters. The molecule has 0 saturated carbocycles. The summed E-state index contributed by atoms with van der Waals surface area (Å²) in [6, 6.07) is 0. The van der Waals surface area contributed by atoms with Crippen molar-refractivity contribution in [3.8, 4) is 0 Å². The normalized spacial score (nSPS) is 37.7. The minimum absolute atomic E-state index is 0.252. The second-order valence-electron chi connectivity index (χ2n) is 7.14. The summed E-state index contributed by atoms with van der Waals surface area (Å²) in [5, 5.41) is 0. The Balaban J connectivity index is 2.31. The van der Waals surface area contributed by atoms with E-state index in [0.717, 1.165) is 31.3 Å². The molecule has 2 bridgehead atoms. The monoisotopic (exact) mass is 272 g/mol. The Morgan fingerprint density at radius 3 is 2.65 bits per heavy atom. The quantitative estimate of drug-likeness (QED) is 0.541. The van der Waals surface area contributed by atoms with Crippen LogP contribution in [0.2, 0.25) is 0 Å². The molecule has 0 amide bonds. The molecule has 0 aliphatic heterocycles. The SMILES string of the molecule is C/C1=C/CC/C(C)=C/C(=O)C2=CC[C@@H](C)[C@](C)(CC1)C2. The average molecular weight is 272 g/mol. The molecular formula is C19H28O. The summed E-state index contributed by atoms with van der Waals surface area (Å²) in [6.45, 7) is 9.04. The largest absolute Gasteiger partial charge is 0.290 e. The van der Waals surface area contributed by atoms with Crippen molar-refractivity contribution in [2.75, 3.05) is 0 Å². The zero-order valence-corrected chi connectivity index (χ0v) is 13.5. The number of carbonyl (C=O) groups is 1. The Bertz CT molecular complexity index is 478. The Morgan fingerprint density at radius 2 is 1.90 bits per heavy atom. The first kappa shape index (κ1) is 15.3. The lowest BCUT2D eigenvalue weighted by Gasteiger charge is -2.39. The molecule has 2 aliphatic carbocycles. The smallest absolute Gasteiger partial charge is 0.181 e. The average Bonchev–Trinajstić information content (AvgIpc) is 2.39. The van der Waals surface area contributed by atoms with Crippen LogP contribution in [-0.2, 0) is 4.79 Å². The Hall–Kier alpha value is -1.11. The number of allylic oxidation sites excluding steroid dienone is 6. The van der Waals surface area contributed by atoms with Gasteiger partial charge in [0.15, 0.2) is 5.78 Å². The van der Waals surface area contributed by atoms with Crippen LogP contribution in [0.25, 0.3) is 0 Å². The van der Waals surface area contributed by atoms with E-state index in [1.165, 1.54) is 24.0 Å². The molecule has 2 atom stereocenters. The molecule has 20 heavy (non-hydrogen) atoms. The maximum absolute atomic E-state index is 12.4. The van der Waals surface area contributed by atoms with Crippen molar-refractivity contribution in [2.24, 2.45) is 11.3 Å². The third-order valence-electron chi connectivity index (χ3n) is 5.32. The van der Waals surface area contributed by atoms with Crippen molar-refractivity contribution in [3.05, 3.63) is 34.9 Å². The molecule has 0 saturated heterocycles. The number of hydrogen-bond acceptors (Lipinski definition) is 1. The van der Waals surface area contributed by atoms with Crippen molar-refractivity contribution < 1.29 is 4.79 Å². The zero-order chi connectivity index (χ0) is 14.8. The van der Waals surface area contributed by atoms with Crippen LogP contribution >= 0.6 is 0 Å². The first-order valence-corrected chi connectivity index (χ1v) is 7.97. The third kappa shape index (κ3) is 3.50. The van der Waals surface area contributed by atoms with Gasteiger partial charge in [0.2, 0.25) is 0 Å². The van der Waals surface area contributed by atoms with Crippen LogP contribution in [0.15, 0.2) is 34.9 Å². The van der Waals surface area contributed by atoms with E-state index in [0.29, 0.717) is 5.92 Å². The number of ketones is 1. The predicted octanol–water partition coefficient (Wildman–Crippen LogP) is 5.38. The topological polar surface area (TPSA) is 17.1 Å². The van der Waals surface area contributed by atoms with Gasteiger partial charge < -0.3 is 0 Å². The lowest BCUT2D eigenvalue weighted by atomic mass is 9.65. The van der Waals surface area contributed by atoms with Gasteiger partial charge in [-0.25, -0.2) is 0 Å². The fourth-order valence-electron chi connectivity index (χ4n) is 3.33. The van der Waals surface area contributed by atoms with E-state index < -0.39 is 0 Å². The summed E-state index contributed by atoms with van der Waals surface area (Å²) in [4.78, 5) is 12.4. The molecule has 110 valence electrons. The predicted molar refractivity (Wildman–Crippen MR) is 85.6 cm³/mol. The van der Waals surface area contributed by atoms with Crippen molar-refractivity contribution in [3.63, 3.8) is 0 Å². The molecule has 0 aromatic carbocycles. The molecule has 1 nitrogen and oxygen atoms in total. The third-order valence-corrected chi connectivity index (χ3v) is 5.32. The molecule has 1 heteroatoms. The van der Waals surface area contributed by atoms with E-state index >= 15 is 0 Å². The molecule has 0 spiro atoms. The summed E-state index contributed by atoms with van der Waals surface area (Å²) in [7, 11) is 0. The molecule has 0 N–H and O–H groups in total. The van der Waals surface area contributed by atoms with Gasteiger partial charge in [-0.3, -0.25) is 4.79 Å². The molecule has 2 rings (SSSR count). The molecular weight excluding hydrogens is 244 g/mol. The summed E-state index contributed by atoms with van der Waals surface area (Å²) in [5.74, 6) is 0.918. The van der Waals surface area contributed by atoms with Crippen molar-refractivity contribution >= 4 is 5.78 Å². The van der Waals surface area contributed by atoms with E-state index in [2.05, 4.69) is 39.8 Å². The first-order chi connectivity index (χ1) is 9.40. The lowest BCUT2D eigenvalue weighted by Crippen LogP contribution is -2.30. The first-order valence-electron chi connectivity index (χ1n) is 7.97. The minimum Gasteiger partial charge on any atom is -0.290 e. The van der Waals surface area contributed by atoms with Gasteiger partial charge >= 0.3 is 0 Å². The van der Waals surface area contributed by atoms with Crippen molar-refractivity contribution in [1.82, 2.24) is 0 Å². The second kappa shape index (κ2) is 6.11. The lowest BCUT2D eigenvalue weighted by molar-refractivity contribution is -0.112.